The molecule has 3 rings (SSSR count). The molecule has 1 aliphatic rings. The van der Waals surface area contributed by atoms with Crippen LogP contribution in [0.25, 0.3) is 11.2 Å². The average Bonchev–Trinajstić information content (AvgIpc) is 2.99. The fourth-order valence-corrected chi connectivity index (χ4v) is 2.68. The number of nitrogens with one attached hydrogen (secondary N) is 1. The van der Waals surface area contributed by atoms with E-state index >= 15 is 0 Å². The number of nitrogens with zero attached hydrogens (tertiary/aromatic N) is 3. The van der Waals surface area contributed by atoms with Crippen LogP contribution in [0.1, 0.15) is 12.6 Å². The van der Waals surface area contributed by atoms with Gasteiger partial charge >= 0.3 is 59.1 Å². The van der Waals surface area contributed by atoms with Gasteiger partial charge in [-0.3, -0.25) is 14.3 Å². The van der Waals surface area contributed by atoms with Gasteiger partial charge in [-0.25, -0.2) is 4.98 Å². The van der Waals surface area contributed by atoms with Gasteiger partial charge in [-0.2, -0.15) is 4.98 Å². The average molecular weight is 409 g/mol. The Kier molecular flexibility index (Phi) is 10.1. The van der Waals surface area contributed by atoms with Crippen LogP contribution >= 0.6 is 7.82 Å². The second-order valence-electron chi connectivity index (χ2n) is 4.95. The molecule has 3 heterocycles. The summed E-state index contributed by atoms with van der Waals surface area (Å²) < 4.78 is 21.5. The number of hydrogen-bond acceptors (Lipinski definition) is 10. The number of anilines is 1. The summed E-state index contributed by atoms with van der Waals surface area (Å²) >= 11 is 0. The van der Waals surface area contributed by atoms with Crippen LogP contribution in [0.2, 0.25) is 0 Å². The molecular weight excluding hydrogens is 395 g/mol. The van der Waals surface area contributed by atoms with Crippen LogP contribution in [0.3, 0.4) is 0 Å². The molecule has 0 aliphatic carbocycles. The normalized spacial score (nSPS) is 22.3. The SMILES string of the molecule is Nc1nc2c(ncn2[C@H]2CC(O)C(COP(=O)([O-])[O-])O2)c(=O)[nH]1.O.[Na+].[Na+]. The molecule has 0 radical (unpaired) electrons. The van der Waals surface area contributed by atoms with E-state index < -0.39 is 38.4 Å². The van der Waals surface area contributed by atoms with Gasteiger partial charge in [0.2, 0.25) is 5.95 Å². The van der Waals surface area contributed by atoms with Crippen LogP contribution in [0.15, 0.2) is 11.1 Å². The number of phosphoric acid groups is 1. The molecule has 26 heavy (non-hydrogen) atoms. The minimum atomic E-state index is -5.16. The number of imidazole rings is 1. The van der Waals surface area contributed by atoms with Gasteiger partial charge in [0.25, 0.3) is 5.56 Å². The third-order valence-corrected chi connectivity index (χ3v) is 3.83. The van der Waals surface area contributed by atoms with Crippen molar-refractivity contribution in [3.63, 3.8) is 0 Å². The number of aromatic amines is 1. The number of rotatable bonds is 4. The van der Waals surface area contributed by atoms with Crippen molar-refractivity contribution in [2.75, 3.05) is 12.3 Å². The molecule has 1 fully saturated rings. The molecular formula is C10H14N5Na2O8P. The van der Waals surface area contributed by atoms with E-state index in [4.69, 9.17) is 10.5 Å². The molecule has 0 spiro atoms. The molecule has 0 aromatic carbocycles. The van der Waals surface area contributed by atoms with Gasteiger partial charge in [0.05, 0.1) is 26.9 Å². The van der Waals surface area contributed by atoms with Gasteiger partial charge < -0.3 is 39.9 Å². The molecule has 2 unspecified atom stereocenters. The van der Waals surface area contributed by atoms with E-state index in [-0.39, 0.29) is 88.1 Å². The number of aliphatic hydroxyl groups is 1. The first-order valence-corrected chi connectivity index (χ1v) is 7.93. The first kappa shape index (κ1) is 26.1. The number of aliphatic hydroxyl groups excluding tert-OH is 1. The standard InChI is InChI=1S/C10H14N5O7P.2Na.H2O/c11-10-13-8-7(9(17)14-10)12-3-15(8)6-1-4(16)5(22-6)2-21-23(18,19)20;;;/h3-6,16H,1-2H2,(H2,18,19,20)(H3,11,13,14,17);;;1H2/q;2*+1;/p-2/t4?,5?,6-;;;/m1.../s1. The molecule has 2 aromatic rings. The summed E-state index contributed by atoms with van der Waals surface area (Å²) in [7, 11) is -5.16. The Bertz CT molecular complexity index is 840. The maximum Gasteiger partial charge on any atom is 1.00 e. The second-order valence-corrected chi connectivity index (χ2v) is 6.10. The number of nitrogens with two attached hydrogens (primary N) is 1. The van der Waals surface area contributed by atoms with Crippen LogP contribution in [0.4, 0.5) is 5.95 Å². The van der Waals surface area contributed by atoms with E-state index in [1.54, 1.807) is 0 Å². The Labute approximate surface area is 190 Å². The van der Waals surface area contributed by atoms with E-state index in [2.05, 4.69) is 19.5 Å². The van der Waals surface area contributed by atoms with Crippen molar-refractivity contribution in [1.29, 1.82) is 0 Å². The predicted molar refractivity (Wildman–Crippen MR) is 74.3 cm³/mol. The maximum absolute atomic E-state index is 11.7. The summed E-state index contributed by atoms with van der Waals surface area (Å²) in [6, 6.07) is 0. The number of fused-ring (bicyclic) bond motifs is 1. The molecule has 134 valence electrons. The van der Waals surface area contributed by atoms with Crippen LogP contribution in [0, 0.1) is 0 Å². The molecule has 0 bridgehead atoms. The Balaban J connectivity index is 0.00000208. The van der Waals surface area contributed by atoms with Crippen molar-refractivity contribution in [1.82, 2.24) is 19.5 Å². The monoisotopic (exact) mass is 409 g/mol. The van der Waals surface area contributed by atoms with E-state index in [0.29, 0.717) is 0 Å². The van der Waals surface area contributed by atoms with Gasteiger partial charge in [-0.1, -0.05) is 0 Å². The van der Waals surface area contributed by atoms with Crippen molar-refractivity contribution in [2.45, 2.75) is 24.9 Å². The molecule has 2 aromatic heterocycles. The fraction of sp³-hybridized carbons (Fsp3) is 0.500. The third-order valence-electron chi connectivity index (χ3n) is 3.36. The van der Waals surface area contributed by atoms with E-state index in [9.17, 15) is 24.3 Å². The Hall–Kier alpha value is 0.140. The predicted octanol–water partition coefficient (Wildman–Crippen LogP) is -9.62. The molecule has 16 heteroatoms. The molecule has 13 nitrogen and oxygen atoms in total. The number of H-pyrrole nitrogens is 1. The number of nitrogen functional groups attached to an aromatic ring is 1. The largest absolute Gasteiger partial charge is 1.00 e. The first-order valence-electron chi connectivity index (χ1n) is 6.47. The van der Waals surface area contributed by atoms with Gasteiger partial charge in [0.1, 0.15) is 12.3 Å². The van der Waals surface area contributed by atoms with Crippen LogP contribution in [-0.2, 0) is 13.8 Å². The minimum absolute atomic E-state index is 0. The molecule has 6 N–H and O–H groups in total. The zero-order valence-corrected chi connectivity index (χ0v) is 18.9. The topological polar surface area (TPSA) is 223 Å². The van der Waals surface area contributed by atoms with Gasteiger partial charge in [0.15, 0.2) is 11.2 Å². The summed E-state index contributed by atoms with van der Waals surface area (Å²) in [5.74, 6) is -0.110. The fourth-order valence-electron chi connectivity index (χ4n) is 2.35. The first-order chi connectivity index (χ1) is 10.7. The van der Waals surface area contributed by atoms with Crippen molar-refractivity contribution in [2.24, 2.45) is 0 Å². The molecule has 1 aliphatic heterocycles. The van der Waals surface area contributed by atoms with Crippen LogP contribution < -0.4 is 80.2 Å². The quantitative estimate of drug-likeness (QED) is 0.319. The van der Waals surface area contributed by atoms with Crippen molar-refractivity contribution >= 4 is 24.9 Å². The summed E-state index contributed by atoms with van der Waals surface area (Å²) in [5, 5.41) is 9.89. The smallest absolute Gasteiger partial charge is 0.790 e. The zero-order valence-electron chi connectivity index (χ0n) is 14.0. The maximum atomic E-state index is 11.7. The van der Waals surface area contributed by atoms with Crippen molar-refractivity contribution < 1.29 is 93.3 Å². The molecule has 0 amide bonds. The Morgan fingerprint density at radius 3 is 2.77 bits per heavy atom. The van der Waals surface area contributed by atoms with Crippen molar-refractivity contribution in [3.8, 4) is 0 Å². The molecule has 0 saturated carbocycles. The van der Waals surface area contributed by atoms with E-state index in [1.165, 1.54) is 10.9 Å². The zero-order chi connectivity index (χ0) is 16.8. The number of phosphoric ester groups is 1. The molecule has 1 saturated heterocycles. The summed E-state index contributed by atoms with van der Waals surface area (Å²) in [5.41, 5.74) is 5.16. The van der Waals surface area contributed by atoms with Gasteiger partial charge in [0, 0.05) is 6.42 Å². The molecule has 3 atom stereocenters. The summed E-state index contributed by atoms with van der Waals surface area (Å²) in [6.45, 7) is -0.606. The van der Waals surface area contributed by atoms with Crippen molar-refractivity contribution in [3.05, 3.63) is 16.7 Å². The minimum Gasteiger partial charge on any atom is -0.790 e. The second kappa shape index (κ2) is 10.1. The number of hydrogen-bond donors (Lipinski definition) is 3. The van der Waals surface area contributed by atoms with Gasteiger partial charge in [-0.15, -0.1) is 0 Å². The van der Waals surface area contributed by atoms with E-state index in [0.717, 1.165) is 0 Å². The Morgan fingerprint density at radius 2 is 2.15 bits per heavy atom. The Morgan fingerprint density at radius 1 is 1.50 bits per heavy atom. The van der Waals surface area contributed by atoms with E-state index in [1.807, 2.05) is 0 Å². The number of ether oxygens (including phenoxy) is 1. The summed E-state index contributed by atoms with van der Waals surface area (Å²) in [4.78, 5) is 42.8. The van der Waals surface area contributed by atoms with Crippen LogP contribution in [0.5, 0.6) is 0 Å². The summed E-state index contributed by atoms with van der Waals surface area (Å²) in [6.07, 6.45) is -1.50. The number of aromatic nitrogens is 4. The van der Waals surface area contributed by atoms with Crippen LogP contribution in [-0.4, -0.2) is 48.9 Å². The van der Waals surface area contributed by atoms with Gasteiger partial charge in [-0.05, 0) is 0 Å². The third kappa shape index (κ3) is 5.82.